The number of rotatable bonds is 7. The fourth-order valence-electron chi connectivity index (χ4n) is 3.97. The van der Waals surface area contributed by atoms with Gasteiger partial charge in [0.2, 0.25) is 5.60 Å². The van der Waals surface area contributed by atoms with Crippen molar-refractivity contribution in [2.75, 3.05) is 19.0 Å². The first-order valence-corrected chi connectivity index (χ1v) is 11.3. The Kier molecular flexibility index (Phi) is 6.57. The van der Waals surface area contributed by atoms with Crippen molar-refractivity contribution in [2.45, 2.75) is 24.9 Å². The molecule has 1 amide bonds. The Balaban J connectivity index is 1.51. The molecule has 0 saturated carbocycles. The Bertz CT molecular complexity index is 1130. The normalized spacial score (nSPS) is 12.7. The van der Waals surface area contributed by atoms with Gasteiger partial charge in [0.05, 0.1) is 12.7 Å². The Morgan fingerprint density at radius 1 is 1.00 bits per heavy atom. The first-order valence-electron chi connectivity index (χ1n) is 10.5. The molecule has 0 spiro atoms. The molecule has 2 N–H and O–H groups in total. The molecule has 0 radical (unpaired) electrons. The second-order valence-electron chi connectivity index (χ2n) is 7.62. The van der Waals surface area contributed by atoms with E-state index < -0.39 is 30.1 Å². The molecule has 2 aromatic carbocycles. The molecular formula is C25H23NO6S. The number of hydrogen-bond donors (Lipinski definition) is 2. The van der Waals surface area contributed by atoms with Gasteiger partial charge in [0.1, 0.15) is 5.00 Å². The molecule has 0 atom stereocenters. The predicted molar refractivity (Wildman–Crippen MR) is 123 cm³/mol. The van der Waals surface area contributed by atoms with Crippen LogP contribution in [0, 0.1) is 0 Å². The van der Waals surface area contributed by atoms with Crippen molar-refractivity contribution >= 4 is 34.2 Å². The minimum absolute atomic E-state index is 0.323. The molecule has 33 heavy (non-hydrogen) atoms. The van der Waals surface area contributed by atoms with E-state index in [9.17, 15) is 19.5 Å². The van der Waals surface area contributed by atoms with E-state index in [4.69, 9.17) is 9.47 Å². The summed E-state index contributed by atoms with van der Waals surface area (Å²) in [4.78, 5) is 38.9. The highest BCUT2D eigenvalue weighted by atomic mass is 32.1. The first kappa shape index (κ1) is 22.7. The third kappa shape index (κ3) is 4.40. The lowest BCUT2D eigenvalue weighted by molar-refractivity contribution is -0.163. The maximum atomic E-state index is 13.0. The second kappa shape index (κ2) is 9.56. The van der Waals surface area contributed by atoms with Crippen LogP contribution in [0.2, 0.25) is 0 Å². The summed E-state index contributed by atoms with van der Waals surface area (Å²) in [6.45, 7) is -0.621. The summed E-state index contributed by atoms with van der Waals surface area (Å²) < 4.78 is 10.1. The zero-order valence-electron chi connectivity index (χ0n) is 18.0. The van der Waals surface area contributed by atoms with Gasteiger partial charge in [-0.2, -0.15) is 0 Å². The number of thiophene rings is 1. The Morgan fingerprint density at radius 2 is 1.61 bits per heavy atom. The van der Waals surface area contributed by atoms with Crippen molar-refractivity contribution in [1.29, 1.82) is 0 Å². The summed E-state index contributed by atoms with van der Waals surface area (Å²) in [6.07, 6.45) is 2.55. The van der Waals surface area contributed by atoms with Gasteiger partial charge in [0.25, 0.3) is 5.91 Å². The van der Waals surface area contributed by atoms with Crippen LogP contribution in [-0.2, 0) is 37.5 Å². The molecule has 0 aliphatic heterocycles. The number of aliphatic hydroxyl groups is 1. The summed E-state index contributed by atoms with van der Waals surface area (Å²) >= 11 is 1.33. The number of carbonyl (C=O) groups is 3. The summed E-state index contributed by atoms with van der Waals surface area (Å²) in [6, 6.07) is 16.8. The maximum absolute atomic E-state index is 13.0. The summed E-state index contributed by atoms with van der Waals surface area (Å²) in [5, 5.41) is 14.4. The highest BCUT2D eigenvalue weighted by molar-refractivity contribution is 7.17. The lowest BCUT2D eigenvalue weighted by atomic mass is 9.86. The van der Waals surface area contributed by atoms with Crippen LogP contribution < -0.4 is 5.32 Å². The van der Waals surface area contributed by atoms with Gasteiger partial charge in [0.15, 0.2) is 6.61 Å². The number of benzene rings is 2. The SMILES string of the molecule is COC(=O)c1c(NC(=O)COC(=O)C(O)(c2ccccc2)c2ccccc2)sc2c1CCC2. The van der Waals surface area contributed by atoms with E-state index >= 15 is 0 Å². The highest BCUT2D eigenvalue weighted by Gasteiger charge is 2.42. The summed E-state index contributed by atoms with van der Waals surface area (Å²) in [5.41, 5.74) is -0.167. The van der Waals surface area contributed by atoms with Crippen LogP contribution in [0.15, 0.2) is 60.7 Å². The molecule has 0 saturated heterocycles. The van der Waals surface area contributed by atoms with E-state index in [0.717, 1.165) is 29.7 Å². The van der Waals surface area contributed by atoms with Crippen LogP contribution in [0.1, 0.15) is 38.3 Å². The molecule has 8 heteroatoms. The minimum atomic E-state index is -2.08. The zero-order chi connectivity index (χ0) is 23.4. The van der Waals surface area contributed by atoms with E-state index in [1.54, 1.807) is 60.7 Å². The number of carbonyl (C=O) groups excluding carboxylic acids is 3. The fourth-order valence-corrected chi connectivity index (χ4v) is 5.26. The van der Waals surface area contributed by atoms with Crippen LogP contribution in [0.5, 0.6) is 0 Å². The van der Waals surface area contributed by atoms with Crippen molar-refractivity contribution < 1.29 is 29.0 Å². The van der Waals surface area contributed by atoms with E-state index in [2.05, 4.69) is 5.32 Å². The highest BCUT2D eigenvalue weighted by Crippen LogP contribution is 2.39. The number of anilines is 1. The average molecular weight is 466 g/mol. The third-order valence-electron chi connectivity index (χ3n) is 5.58. The maximum Gasteiger partial charge on any atom is 0.348 e. The van der Waals surface area contributed by atoms with Crippen LogP contribution in [0.4, 0.5) is 5.00 Å². The number of amides is 1. The van der Waals surface area contributed by atoms with Crippen LogP contribution in [-0.4, -0.2) is 36.7 Å². The van der Waals surface area contributed by atoms with Gasteiger partial charge in [-0.15, -0.1) is 11.3 Å². The van der Waals surface area contributed by atoms with E-state index in [0.29, 0.717) is 21.7 Å². The van der Waals surface area contributed by atoms with Gasteiger partial charge in [-0.05, 0) is 36.0 Å². The van der Waals surface area contributed by atoms with E-state index in [-0.39, 0.29) is 0 Å². The monoisotopic (exact) mass is 465 g/mol. The fraction of sp³-hybridized carbons (Fsp3) is 0.240. The molecular weight excluding hydrogens is 442 g/mol. The van der Waals surface area contributed by atoms with Gasteiger partial charge < -0.3 is 19.9 Å². The quantitative estimate of drug-likeness (QED) is 0.519. The second-order valence-corrected chi connectivity index (χ2v) is 8.72. The van der Waals surface area contributed by atoms with E-state index in [1.165, 1.54) is 18.4 Å². The molecule has 170 valence electrons. The average Bonchev–Trinajstić information content (AvgIpc) is 3.43. The van der Waals surface area contributed by atoms with Gasteiger partial charge >= 0.3 is 11.9 Å². The van der Waals surface area contributed by atoms with Gasteiger partial charge in [0, 0.05) is 4.88 Å². The molecule has 0 fully saturated rings. The number of methoxy groups -OCH3 is 1. The van der Waals surface area contributed by atoms with Crippen molar-refractivity contribution in [2.24, 2.45) is 0 Å². The largest absolute Gasteiger partial charge is 0.465 e. The number of nitrogens with one attached hydrogen (secondary N) is 1. The van der Waals surface area contributed by atoms with E-state index in [1.807, 2.05) is 0 Å². The van der Waals surface area contributed by atoms with Crippen LogP contribution in [0.3, 0.4) is 0 Å². The molecule has 3 aromatic rings. The summed E-state index contributed by atoms with van der Waals surface area (Å²) in [7, 11) is 1.29. The molecule has 0 bridgehead atoms. The Labute approximate surface area is 195 Å². The number of hydrogen-bond acceptors (Lipinski definition) is 7. The van der Waals surface area contributed by atoms with Gasteiger partial charge in [-0.3, -0.25) is 4.79 Å². The molecule has 1 aromatic heterocycles. The Morgan fingerprint density at radius 3 is 2.18 bits per heavy atom. The zero-order valence-corrected chi connectivity index (χ0v) is 18.8. The van der Waals surface area contributed by atoms with Gasteiger partial charge in [-0.1, -0.05) is 60.7 Å². The molecule has 7 nitrogen and oxygen atoms in total. The van der Waals surface area contributed by atoms with Crippen molar-refractivity contribution in [3.8, 4) is 0 Å². The third-order valence-corrected chi connectivity index (χ3v) is 6.78. The van der Waals surface area contributed by atoms with Gasteiger partial charge in [-0.25, -0.2) is 9.59 Å². The molecule has 1 aliphatic carbocycles. The number of esters is 2. The molecule has 0 unspecified atom stereocenters. The van der Waals surface area contributed by atoms with Crippen molar-refractivity contribution in [1.82, 2.24) is 0 Å². The first-order chi connectivity index (χ1) is 15.9. The lowest BCUT2D eigenvalue weighted by Crippen LogP contribution is -2.39. The number of aryl methyl sites for hydroxylation is 1. The topological polar surface area (TPSA) is 102 Å². The van der Waals surface area contributed by atoms with Crippen molar-refractivity contribution in [3.05, 3.63) is 87.8 Å². The van der Waals surface area contributed by atoms with Crippen LogP contribution >= 0.6 is 11.3 Å². The van der Waals surface area contributed by atoms with Crippen molar-refractivity contribution in [3.63, 3.8) is 0 Å². The predicted octanol–water partition coefficient (Wildman–Crippen LogP) is 3.44. The summed E-state index contributed by atoms with van der Waals surface area (Å²) in [5.74, 6) is -2.10. The van der Waals surface area contributed by atoms with Crippen LogP contribution in [0.25, 0.3) is 0 Å². The number of fused-ring (bicyclic) bond motifs is 1. The standard InChI is InChI=1S/C25H23NO6S/c1-31-23(28)21-18-13-8-14-19(18)33-22(21)26-20(27)15-32-24(29)25(30,16-9-4-2-5-10-16)17-11-6-3-7-12-17/h2-7,9-12,30H,8,13-15H2,1H3,(H,26,27). The molecule has 1 heterocycles. The number of ether oxygens (including phenoxy) is 2. The molecule has 4 rings (SSSR count). The minimum Gasteiger partial charge on any atom is -0.465 e. The molecule has 1 aliphatic rings. The smallest absolute Gasteiger partial charge is 0.348 e. The lowest BCUT2D eigenvalue weighted by Gasteiger charge is -2.26. The Hall–Kier alpha value is -3.49.